The predicted octanol–water partition coefficient (Wildman–Crippen LogP) is 5.11. The van der Waals surface area contributed by atoms with Crippen molar-refractivity contribution in [2.24, 2.45) is 4.99 Å². The van der Waals surface area contributed by atoms with Gasteiger partial charge in [-0.25, -0.2) is 4.99 Å². The summed E-state index contributed by atoms with van der Waals surface area (Å²) in [5.41, 5.74) is 1.35. The van der Waals surface area contributed by atoms with Gasteiger partial charge in [0.2, 0.25) is 0 Å². The molecule has 4 rings (SSSR count). The van der Waals surface area contributed by atoms with Crippen molar-refractivity contribution in [1.29, 1.82) is 0 Å². The molecule has 1 amide bonds. The number of nitro benzene ring substituents is 1. The van der Waals surface area contributed by atoms with Crippen LogP contribution in [0.3, 0.4) is 0 Å². The summed E-state index contributed by atoms with van der Waals surface area (Å²) in [6.07, 6.45) is 1.44. The molecule has 0 aromatic heterocycles. The Labute approximate surface area is 176 Å². The molecule has 8 heteroatoms. The normalized spacial score (nSPS) is 16.4. The van der Waals surface area contributed by atoms with E-state index in [1.54, 1.807) is 12.1 Å². The lowest BCUT2D eigenvalue weighted by molar-refractivity contribution is -0.384. The zero-order valence-corrected chi connectivity index (χ0v) is 16.3. The number of carbonyl (C=O) groups is 1. The molecule has 3 aromatic carbocycles. The number of nitro groups is 1. The first-order valence-corrected chi connectivity index (χ1v) is 9.75. The van der Waals surface area contributed by atoms with E-state index in [-0.39, 0.29) is 22.9 Å². The van der Waals surface area contributed by atoms with Crippen LogP contribution in [-0.4, -0.2) is 21.1 Å². The first-order chi connectivity index (χ1) is 14.5. The summed E-state index contributed by atoms with van der Waals surface area (Å²) < 4.78 is 0. The maximum atomic E-state index is 13.2. The van der Waals surface area contributed by atoms with Gasteiger partial charge in [-0.1, -0.05) is 36.4 Å². The Hall–Kier alpha value is -3.91. The number of aliphatic imine (C=N–C) groups is 1. The number of thioether (sulfide) groups is 1. The van der Waals surface area contributed by atoms with E-state index in [0.29, 0.717) is 21.4 Å². The zero-order chi connectivity index (χ0) is 21.1. The molecule has 1 heterocycles. The van der Waals surface area contributed by atoms with Crippen LogP contribution >= 0.6 is 11.8 Å². The summed E-state index contributed by atoms with van der Waals surface area (Å²) >= 11 is 1.14. The van der Waals surface area contributed by atoms with Gasteiger partial charge in [-0.3, -0.25) is 19.8 Å². The molecule has 0 bridgehead atoms. The van der Waals surface area contributed by atoms with Gasteiger partial charge < -0.3 is 5.11 Å². The van der Waals surface area contributed by atoms with Gasteiger partial charge in [-0.2, -0.15) is 0 Å². The van der Waals surface area contributed by atoms with Crippen LogP contribution in [0.25, 0.3) is 6.08 Å². The summed E-state index contributed by atoms with van der Waals surface area (Å²) in [4.78, 5) is 30.1. The maximum Gasteiger partial charge on any atom is 0.271 e. The third kappa shape index (κ3) is 3.94. The van der Waals surface area contributed by atoms with E-state index in [1.165, 1.54) is 29.2 Å². The van der Waals surface area contributed by atoms with Gasteiger partial charge in [0.15, 0.2) is 5.17 Å². The Morgan fingerprint density at radius 3 is 2.33 bits per heavy atom. The molecule has 0 aliphatic carbocycles. The van der Waals surface area contributed by atoms with Crippen LogP contribution in [0.1, 0.15) is 5.56 Å². The van der Waals surface area contributed by atoms with Gasteiger partial charge in [0.1, 0.15) is 5.75 Å². The number of phenolic OH excluding ortho intramolecular Hbond substituents is 1. The molecule has 1 aliphatic rings. The third-order valence-electron chi connectivity index (χ3n) is 4.31. The number of phenols is 1. The molecule has 0 saturated carbocycles. The van der Waals surface area contributed by atoms with Crippen LogP contribution in [0.5, 0.6) is 5.75 Å². The molecule has 1 aliphatic heterocycles. The summed E-state index contributed by atoms with van der Waals surface area (Å²) in [5.74, 6) is -0.479. The van der Waals surface area contributed by atoms with E-state index in [0.717, 1.165) is 11.8 Å². The molecular weight excluding hydrogens is 402 g/mol. The highest BCUT2D eigenvalue weighted by Crippen LogP contribution is 2.38. The van der Waals surface area contributed by atoms with Crippen molar-refractivity contribution in [3.8, 4) is 5.75 Å². The minimum absolute atomic E-state index is 0.152. The van der Waals surface area contributed by atoms with E-state index in [9.17, 15) is 20.0 Å². The average molecular weight is 417 g/mol. The van der Waals surface area contributed by atoms with Gasteiger partial charge in [-0.05, 0) is 48.2 Å². The molecule has 30 heavy (non-hydrogen) atoms. The molecule has 3 aromatic rings. The van der Waals surface area contributed by atoms with E-state index in [1.807, 2.05) is 48.5 Å². The van der Waals surface area contributed by atoms with E-state index in [2.05, 4.69) is 4.99 Å². The lowest BCUT2D eigenvalue weighted by Gasteiger charge is -2.15. The number of benzene rings is 3. The molecule has 0 radical (unpaired) electrons. The molecule has 1 saturated heterocycles. The molecule has 1 N–H and O–H groups in total. The number of nitrogens with zero attached hydrogens (tertiary/aromatic N) is 3. The Morgan fingerprint density at radius 2 is 1.67 bits per heavy atom. The first kappa shape index (κ1) is 19.4. The lowest BCUT2D eigenvalue weighted by Crippen LogP contribution is -2.28. The molecule has 0 unspecified atom stereocenters. The minimum atomic E-state index is -0.552. The Bertz CT molecular complexity index is 1180. The minimum Gasteiger partial charge on any atom is -0.507 e. The average Bonchev–Trinajstić information content (AvgIpc) is 3.05. The summed E-state index contributed by atoms with van der Waals surface area (Å²) in [6, 6.07) is 22.0. The number of aromatic hydroxyl groups is 1. The SMILES string of the molecule is O=C1/C(=C/c2cc([N+](=O)[O-])ccc2O)SC(=Nc2ccccc2)N1c1ccccc1. The lowest BCUT2D eigenvalue weighted by atomic mass is 10.1. The topological polar surface area (TPSA) is 96.0 Å². The number of hydrogen-bond donors (Lipinski definition) is 1. The van der Waals surface area contributed by atoms with Crippen molar-refractivity contribution in [2.75, 3.05) is 4.90 Å². The first-order valence-electron chi connectivity index (χ1n) is 8.93. The highest BCUT2D eigenvalue weighted by Gasteiger charge is 2.35. The predicted molar refractivity (Wildman–Crippen MR) is 118 cm³/mol. The van der Waals surface area contributed by atoms with Crippen LogP contribution in [0.15, 0.2) is 88.8 Å². The summed E-state index contributed by atoms with van der Waals surface area (Å²) in [7, 11) is 0. The molecular formula is C22H15N3O4S. The van der Waals surface area contributed by atoms with E-state index >= 15 is 0 Å². The number of rotatable bonds is 4. The van der Waals surface area contributed by atoms with Gasteiger partial charge in [0.05, 0.1) is 21.2 Å². The highest BCUT2D eigenvalue weighted by atomic mass is 32.2. The molecule has 7 nitrogen and oxygen atoms in total. The highest BCUT2D eigenvalue weighted by molar-refractivity contribution is 8.19. The number of hydrogen-bond acceptors (Lipinski definition) is 6. The smallest absolute Gasteiger partial charge is 0.271 e. The fraction of sp³-hybridized carbons (Fsp3) is 0. The number of amidine groups is 1. The van der Waals surface area contributed by atoms with Crippen molar-refractivity contribution in [3.63, 3.8) is 0 Å². The van der Waals surface area contributed by atoms with Crippen LogP contribution < -0.4 is 4.90 Å². The molecule has 0 atom stereocenters. The van der Waals surface area contributed by atoms with Crippen molar-refractivity contribution in [1.82, 2.24) is 0 Å². The maximum absolute atomic E-state index is 13.2. The largest absolute Gasteiger partial charge is 0.507 e. The summed E-state index contributed by atoms with van der Waals surface area (Å²) in [6.45, 7) is 0. The Balaban J connectivity index is 1.79. The van der Waals surface area contributed by atoms with Crippen molar-refractivity contribution in [3.05, 3.63) is 99.4 Å². The fourth-order valence-corrected chi connectivity index (χ4v) is 3.87. The number of non-ortho nitro benzene ring substituents is 1. The zero-order valence-electron chi connectivity index (χ0n) is 15.5. The van der Waals surface area contributed by atoms with E-state index < -0.39 is 4.92 Å². The second kappa shape index (κ2) is 8.22. The van der Waals surface area contributed by atoms with Gasteiger partial charge >= 0.3 is 0 Å². The number of carbonyl (C=O) groups excluding carboxylic acids is 1. The van der Waals surface area contributed by atoms with Crippen LogP contribution in [0, 0.1) is 10.1 Å². The Morgan fingerprint density at radius 1 is 1.00 bits per heavy atom. The third-order valence-corrected chi connectivity index (χ3v) is 5.28. The van der Waals surface area contributed by atoms with Gasteiger partial charge in [-0.15, -0.1) is 0 Å². The van der Waals surface area contributed by atoms with Crippen LogP contribution in [0.2, 0.25) is 0 Å². The van der Waals surface area contributed by atoms with Gasteiger partial charge in [0, 0.05) is 17.7 Å². The van der Waals surface area contributed by atoms with Crippen molar-refractivity contribution >= 4 is 46.0 Å². The molecule has 1 fully saturated rings. The fourth-order valence-electron chi connectivity index (χ4n) is 2.88. The monoisotopic (exact) mass is 417 g/mol. The Kier molecular flexibility index (Phi) is 5.32. The second-order valence-electron chi connectivity index (χ2n) is 6.32. The molecule has 0 spiro atoms. The second-order valence-corrected chi connectivity index (χ2v) is 7.33. The number of anilines is 1. The quantitative estimate of drug-likeness (QED) is 0.362. The molecule has 148 valence electrons. The number of para-hydroxylation sites is 2. The van der Waals surface area contributed by atoms with Crippen molar-refractivity contribution < 1.29 is 14.8 Å². The van der Waals surface area contributed by atoms with Gasteiger partial charge in [0.25, 0.3) is 11.6 Å². The summed E-state index contributed by atoms with van der Waals surface area (Å²) in [5, 5.41) is 21.6. The van der Waals surface area contributed by atoms with Crippen LogP contribution in [0.4, 0.5) is 17.1 Å². The van der Waals surface area contributed by atoms with Crippen molar-refractivity contribution in [2.45, 2.75) is 0 Å². The van der Waals surface area contributed by atoms with E-state index in [4.69, 9.17) is 0 Å². The number of amides is 1. The van der Waals surface area contributed by atoms with Crippen LogP contribution in [-0.2, 0) is 4.79 Å². The standard InChI is InChI=1S/C22H15N3O4S/c26-19-12-11-18(25(28)29)13-15(19)14-20-21(27)24(17-9-5-2-6-10-17)22(30-20)23-16-7-3-1-4-8-16/h1-14,26H/b20-14-,23-22?.